The summed E-state index contributed by atoms with van der Waals surface area (Å²) in [6.07, 6.45) is 1.18. The topological polar surface area (TPSA) is 49.4 Å². The summed E-state index contributed by atoms with van der Waals surface area (Å²) in [6, 6.07) is 30.1. The van der Waals surface area contributed by atoms with Crippen LogP contribution in [0.1, 0.15) is 44.3 Å². The second-order valence-electron chi connectivity index (χ2n) is 8.56. The van der Waals surface area contributed by atoms with Gasteiger partial charge in [-0.15, -0.1) is 11.3 Å². The van der Waals surface area contributed by atoms with Gasteiger partial charge in [-0.3, -0.25) is 9.59 Å². The molecule has 0 spiro atoms. The molecule has 170 valence electrons. The largest absolute Gasteiger partial charge is 0.333 e. The fourth-order valence-corrected chi connectivity index (χ4v) is 5.25. The Morgan fingerprint density at radius 2 is 1.56 bits per heavy atom. The lowest BCUT2D eigenvalue weighted by atomic mass is 9.88. The van der Waals surface area contributed by atoms with Crippen LogP contribution in [0.25, 0.3) is 0 Å². The van der Waals surface area contributed by atoms with Crippen LogP contribution in [-0.4, -0.2) is 23.3 Å². The van der Waals surface area contributed by atoms with Crippen LogP contribution in [0, 0.1) is 0 Å². The van der Waals surface area contributed by atoms with Crippen molar-refractivity contribution in [1.82, 2.24) is 4.90 Å². The van der Waals surface area contributed by atoms with Crippen molar-refractivity contribution in [2.75, 3.05) is 11.9 Å². The molecule has 1 aliphatic heterocycles. The van der Waals surface area contributed by atoms with E-state index < -0.39 is 0 Å². The molecule has 1 aromatic heterocycles. The van der Waals surface area contributed by atoms with E-state index in [1.54, 1.807) is 0 Å². The lowest BCUT2D eigenvalue weighted by molar-refractivity contribution is -0.116. The summed E-state index contributed by atoms with van der Waals surface area (Å²) in [5, 5.41) is 5.02. The number of fused-ring (bicyclic) bond motifs is 1. The minimum atomic E-state index is -0.0278. The molecule has 0 bridgehead atoms. The molecule has 0 unspecified atom stereocenters. The average Bonchev–Trinajstić information content (AvgIpc) is 3.42. The van der Waals surface area contributed by atoms with E-state index in [-0.39, 0.29) is 17.7 Å². The summed E-state index contributed by atoms with van der Waals surface area (Å²) in [5.74, 6) is 0.0302. The van der Waals surface area contributed by atoms with E-state index in [2.05, 4.69) is 35.6 Å². The molecular formula is C29H26N2O2S. The van der Waals surface area contributed by atoms with Gasteiger partial charge in [0.25, 0.3) is 5.91 Å². The number of nitrogens with one attached hydrogen (secondary N) is 1. The van der Waals surface area contributed by atoms with Crippen LogP contribution >= 0.6 is 11.3 Å². The lowest BCUT2D eigenvalue weighted by Crippen LogP contribution is -2.35. The first-order valence-electron chi connectivity index (χ1n) is 11.5. The number of anilines is 1. The third kappa shape index (κ3) is 4.95. The van der Waals surface area contributed by atoms with Gasteiger partial charge < -0.3 is 10.2 Å². The molecule has 0 saturated carbocycles. The molecular weight excluding hydrogens is 440 g/mol. The Kier molecular flexibility index (Phi) is 6.54. The molecule has 0 saturated heterocycles. The molecule has 1 aliphatic rings. The molecule has 2 heterocycles. The van der Waals surface area contributed by atoms with Crippen LogP contribution in [0.5, 0.6) is 0 Å². The first-order chi connectivity index (χ1) is 16.7. The van der Waals surface area contributed by atoms with Crippen molar-refractivity contribution in [3.63, 3.8) is 0 Å². The molecule has 0 aliphatic carbocycles. The van der Waals surface area contributed by atoms with E-state index >= 15 is 0 Å². The number of carbonyl (C=O) groups excluding carboxylic acids is 2. The van der Waals surface area contributed by atoms with Gasteiger partial charge in [-0.05, 0) is 52.3 Å². The normalized spacial score (nSPS) is 12.9. The monoisotopic (exact) mass is 466 g/mol. The van der Waals surface area contributed by atoms with Crippen LogP contribution in [0.3, 0.4) is 0 Å². The highest BCUT2D eigenvalue weighted by atomic mass is 32.1. The van der Waals surface area contributed by atoms with Gasteiger partial charge in [0.05, 0.1) is 4.88 Å². The Balaban J connectivity index is 1.30. The second-order valence-corrected chi connectivity index (χ2v) is 9.51. The van der Waals surface area contributed by atoms with Gasteiger partial charge in [0.1, 0.15) is 0 Å². The molecule has 4 aromatic rings. The van der Waals surface area contributed by atoms with Crippen LogP contribution in [-0.2, 0) is 17.8 Å². The number of rotatable bonds is 6. The zero-order valence-electron chi connectivity index (χ0n) is 18.8. The highest BCUT2D eigenvalue weighted by Crippen LogP contribution is 2.29. The summed E-state index contributed by atoms with van der Waals surface area (Å²) >= 11 is 1.47. The predicted molar refractivity (Wildman–Crippen MR) is 137 cm³/mol. The number of thiophene rings is 1. The Morgan fingerprint density at radius 1 is 0.853 bits per heavy atom. The minimum absolute atomic E-state index is 0.0149. The molecule has 34 heavy (non-hydrogen) atoms. The number of hydrogen-bond acceptors (Lipinski definition) is 3. The molecule has 0 fully saturated rings. The summed E-state index contributed by atoms with van der Waals surface area (Å²) in [7, 11) is 0. The summed E-state index contributed by atoms with van der Waals surface area (Å²) < 4.78 is 0. The zero-order valence-corrected chi connectivity index (χ0v) is 19.6. The van der Waals surface area contributed by atoms with E-state index in [0.29, 0.717) is 19.5 Å². The van der Waals surface area contributed by atoms with Crippen LogP contribution in [0.2, 0.25) is 0 Å². The molecule has 0 radical (unpaired) electrons. The third-order valence-electron chi connectivity index (χ3n) is 6.31. The highest BCUT2D eigenvalue weighted by Gasteiger charge is 2.23. The van der Waals surface area contributed by atoms with Crippen molar-refractivity contribution in [3.8, 4) is 0 Å². The van der Waals surface area contributed by atoms with Crippen LogP contribution in [0.4, 0.5) is 5.69 Å². The van der Waals surface area contributed by atoms with Crippen molar-refractivity contribution in [2.24, 2.45) is 0 Å². The standard InChI is InChI=1S/C29H26N2O2S/c32-28(19-26(22-8-3-1-4-9-22)23-10-5-2-6-11-23)30-25-14-13-21-15-16-31(20-24(21)18-25)29(33)27-12-7-17-34-27/h1-14,17-18,26H,15-16,19-20H2,(H,30,32). The van der Waals surface area contributed by atoms with Crippen molar-refractivity contribution in [3.05, 3.63) is 124 Å². The van der Waals surface area contributed by atoms with Crippen molar-refractivity contribution in [1.29, 1.82) is 0 Å². The summed E-state index contributed by atoms with van der Waals surface area (Å²) in [5.41, 5.74) is 5.35. The molecule has 5 heteroatoms. The second kappa shape index (κ2) is 10.1. The summed E-state index contributed by atoms with van der Waals surface area (Å²) in [4.78, 5) is 28.5. The molecule has 1 N–H and O–H groups in total. The van der Waals surface area contributed by atoms with Gasteiger partial charge in [0.15, 0.2) is 0 Å². The maximum atomic E-state index is 13.1. The maximum Gasteiger partial charge on any atom is 0.264 e. The van der Waals surface area contributed by atoms with Gasteiger partial charge >= 0.3 is 0 Å². The quantitative estimate of drug-likeness (QED) is 0.373. The highest BCUT2D eigenvalue weighted by molar-refractivity contribution is 7.12. The van der Waals surface area contributed by atoms with Crippen LogP contribution in [0.15, 0.2) is 96.4 Å². The van der Waals surface area contributed by atoms with E-state index in [1.165, 1.54) is 16.9 Å². The smallest absolute Gasteiger partial charge is 0.264 e. The van der Waals surface area contributed by atoms with E-state index in [9.17, 15) is 9.59 Å². The molecule has 3 aromatic carbocycles. The average molecular weight is 467 g/mol. The Bertz CT molecular complexity index is 1230. The fraction of sp³-hybridized carbons (Fsp3) is 0.172. The summed E-state index contributed by atoms with van der Waals surface area (Å²) in [6.45, 7) is 1.28. The van der Waals surface area contributed by atoms with Crippen molar-refractivity contribution in [2.45, 2.75) is 25.3 Å². The molecule has 4 nitrogen and oxygen atoms in total. The Labute approximate surface area is 203 Å². The van der Waals surface area contributed by atoms with Gasteiger partial charge in [-0.1, -0.05) is 72.8 Å². The number of amides is 2. The zero-order chi connectivity index (χ0) is 23.3. The minimum Gasteiger partial charge on any atom is -0.333 e. The van der Waals surface area contributed by atoms with Gasteiger partial charge in [0.2, 0.25) is 5.91 Å². The molecule has 0 atom stereocenters. The lowest BCUT2D eigenvalue weighted by Gasteiger charge is -2.29. The van der Waals surface area contributed by atoms with Crippen molar-refractivity contribution >= 4 is 28.8 Å². The van der Waals surface area contributed by atoms with E-state index in [0.717, 1.165) is 33.7 Å². The molecule has 2 amide bonds. The maximum absolute atomic E-state index is 13.1. The van der Waals surface area contributed by atoms with E-state index in [4.69, 9.17) is 0 Å². The third-order valence-corrected chi connectivity index (χ3v) is 7.17. The first kappa shape index (κ1) is 22.1. The van der Waals surface area contributed by atoms with Crippen LogP contribution < -0.4 is 5.32 Å². The number of hydrogen-bond donors (Lipinski definition) is 1. The SMILES string of the molecule is O=C(CC(c1ccccc1)c1ccccc1)Nc1ccc2c(c1)CN(C(=O)c1cccs1)CC2. The van der Waals surface area contributed by atoms with E-state index in [1.807, 2.05) is 70.9 Å². The Morgan fingerprint density at radius 3 is 2.21 bits per heavy atom. The Hall–Kier alpha value is -3.70. The number of benzene rings is 3. The fourth-order valence-electron chi connectivity index (χ4n) is 4.56. The number of carbonyl (C=O) groups is 2. The predicted octanol–water partition coefficient (Wildman–Crippen LogP) is 6.11. The number of nitrogens with zero attached hydrogens (tertiary/aromatic N) is 1. The van der Waals surface area contributed by atoms with Gasteiger partial charge in [-0.25, -0.2) is 0 Å². The molecule has 5 rings (SSSR count). The van der Waals surface area contributed by atoms with Gasteiger partial charge in [0, 0.05) is 31.1 Å². The first-order valence-corrected chi connectivity index (χ1v) is 12.4. The van der Waals surface area contributed by atoms with Gasteiger partial charge in [-0.2, -0.15) is 0 Å². The van der Waals surface area contributed by atoms with Crippen molar-refractivity contribution < 1.29 is 9.59 Å².